The van der Waals surface area contributed by atoms with Crippen molar-refractivity contribution in [2.24, 2.45) is 0 Å². The topological polar surface area (TPSA) is 72.5 Å². The Balaban J connectivity index is 1.29. The van der Waals surface area contributed by atoms with Gasteiger partial charge in [-0.05, 0) is 38.5 Å². The maximum atomic E-state index is 13.2. The highest BCUT2D eigenvalue weighted by atomic mass is 16.8. The second kappa shape index (κ2) is 7.94. The fourth-order valence-corrected chi connectivity index (χ4v) is 6.65. The van der Waals surface area contributed by atoms with Crippen molar-refractivity contribution in [1.29, 1.82) is 0 Å². The maximum Gasteiger partial charge on any atom is 0.340 e. The Morgan fingerprint density at radius 3 is 1.77 bits per heavy atom. The molecule has 6 fully saturated rings. The van der Waals surface area contributed by atoms with Crippen LogP contribution in [0.1, 0.15) is 96.3 Å². The summed E-state index contributed by atoms with van der Waals surface area (Å²) < 4.78 is 38.5. The summed E-state index contributed by atoms with van der Waals surface area (Å²) in [6, 6.07) is 0. The van der Waals surface area contributed by atoms with Gasteiger partial charge in [0.1, 0.15) is 18.3 Å². The molecular formula is C24H36O7. The predicted molar refractivity (Wildman–Crippen MR) is 109 cm³/mol. The van der Waals surface area contributed by atoms with Crippen molar-refractivity contribution in [3.8, 4) is 0 Å². The number of ether oxygens (including phenoxy) is 6. The predicted octanol–water partition coefficient (Wildman–Crippen LogP) is 4.11. The first-order chi connectivity index (χ1) is 15.1. The largest absolute Gasteiger partial charge is 0.431 e. The zero-order chi connectivity index (χ0) is 20.9. The van der Waals surface area contributed by atoms with Gasteiger partial charge in [-0.3, -0.25) is 0 Å². The van der Waals surface area contributed by atoms with Crippen molar-refractivity contribution in [2.45, 2.75) is 138 Å². The number of carbonyl (C=O) groups is 1. The molecule has 174 valence electrons. The monoisotopic (exact) mass is 436 g/mol. The van der Waals surface area contributed by atoms with Crippen LogP contribution in [0.15, 0.2) is 0 Å². The molecule has 3 aliphatic carbocycles. The molecule has 3 saturated carbocycles. The SMILES string of the molecule is O=C1OC2(CCCCC2)O[C@@H]2[C@H]([C@H]3COC4(CCCCC4)O3)OC3(CCCCC3)O[C@H]12. The van der Waals surface area contributed by atoms with Gasteiger partial charge in [-0.1, -0.05) is 19.3 Å². The standard InChI is InChI=1S/C24H36O7/c25-21-20-19(29-24(31-21)14-8-3-9-15-24)18(28-23(30-20)12-6-2-7-13-23)17-16-26-22(27-17)10-4-1-5-11-22/h17-20H,1-16H2/t17-,18+,19-,20+/m1/s1. The van der Waals surface area contributed by atoms with Crippen LogP contribution >= 0.6 is 0 Å². The van der Waals surface area contributed by atoms with Gasteiger partial charge in [-0.2, -0.15) is 0 Å². The van der Waals surface area contributed by atoms with E-state index in [1.807, 2.05) is 0 Å². The minimum Gasteiger partial charge on any atom is -0.431 e. The summed E-state index contributed by atoms with van der Waals surface area (Å²) >= 11 is 0. The summed E-state index contributed by atoms with van der Waals surface area (Å²) in [5.41, 5.74) is 0. The smallest absolute Gasteiger partial charge is 0.340 e. The van der Waals surface area contributed by atoms with Crippen LogP contribution in [0.2, 0.25) is 0 Å². The molecule has 0 aromatic heterocycles. The first kappa shape index (κ1) is 20.8. The lowest BCUT2D eigenvalue weighted by molar-refractivity contribution is -0.413. The summed E-state index contributed by atoms with van der Waals surface area (Å²) in [4.78, 5) is 13.2. The van der Waals surface area contributed by atoms with Crippen LogP contribution in [0.5, 0.6) is 0 Å². The second-order valence-corrected chi connectivity index (χ2v) is 10.5. The van der Waals surface area contributed by atoms with Gasteiger partial charge in [0.15, 0.2) is 17.7 Å². The summed E-state index contributed by atoms with van der Waals surface area (Å²) in [6.07, 6.45) is 12.9. The number of fused-ring (bicyclic) bond motifs is 1. The first-order valence-electron chi connectivity index (χ1n) is 12.7. The van der Waals surface area contributed by atoms with E-state index in [0.717, 1.165) is 83.5 Å². The van der Waals surface area contributed by atoms with E-state index in [0.29, 0.717) is 6.61 Å². The van der Waals surface area contributed by atoms with Gasteiger partial charge in [-0.25, -0.2) is 4.79 Å². The molecule has 3 aliphatic heterocycles. The number of hydrogen-bond acceptors (Lipinski definition) is 7. The third-order valence-electron chi connectivity index (χ3n) is 8.27. The molecular weight excluding hydrogens is 400 g/mol. The summed E-state index contributed by atoms with van der Waals surface area (Å²) in [5.74, 6) is -2.35. The number of esters is 1. The minimum atomic E-state index is -0.833. The van der Waals surface area contributed by atoms with Gasteiger partial charge in [0.2, 0.25) is 5.79 Å². The van der Waals surface area contributed by atoms with Crippen LogP contribution in [0, 0.1) is 0 Å². The van der Waals surface area contributed by atoms with Crippen molar-refractivity contribution >= 4 is 5.97 Å². The van der Waals surface area contributed by atoms with E-state index in [2.05, 4.69) is 0 Å². The van der Waals surface area contributed by atoms with E-state index >= 15 is 0 Å². The lowest BCUT2D eigenvalue weighted by Crippen LogP contribution is -2.69. The molecule has 0 aromatic rings. The minimum absolute atomic E-state index is 0.250. The van der Waals surface area contributed by atoms with Crippen LogP contribution in [0.4, 0.5) is 0 Å². The average molecular weight is 437 g/mol. The Labute approximate surface area is 184 Å². The number of rotatable bonds is 1. The van der Waals surface area contributed by atoms with E-state index in [9.17, 15) is 4.79 Å². The molecule has 4 atom stereocenters. The summed E-state index contributed by atoms with van der Waals surface area (Å²) in [7, 11) is 0. The fraction of sp³-hybridized carbons (Fsp3) is 0.958. The number of carbonyl (C=O) groups excluding carboxylic acids is 1. The van der Waals surface area contributed by atoms with E-state index < -0.39 is 29.6 Å². The molecule has 0 amide bonds. The molecule has 3 spiro atoms. The van der Waals surface area contributed by atoms with E-state index in [1.54, 1.807) is 0 Å². The molecule has 0 aromatic carbocycles. The molecule has 6 aliphatic rings. The van der Waals surface area contributed by atoms with Crippen LogP contribution in [0.3, 0.4) is 0 Å². The van der Waals surface area contributed by atoms with Crippen LogP contribution in [-0.2, 0) is 33.2 Å². The van der Waals surface area contributed by atoms with E-state index in [1.165, 1.54) is 12.8 Å². The molecule has 31 heavy (non-hydrogen) atoms. The lowest BCUT2D eigenvalue weighted by atomic mass is 9.88. The zero-order valence-corrected chi connectivity index (χ0v) is 18.5. The van der Waals surface area contributed by atoms with Gasteiger partial charge in [0.25, 0.3) is 0 Å². The molecule has 6 rings (SSSR count). The Morgan fingerprint density at radius 1 is 0.581 bits per heavy atom. The van der Waals surface area contributed by atoms with Crippen LogP contribution < -0.4 is 0 Å². The third kappa shape index (κ3) is 3.74. The normalized spacial score (nSPS) is 41.2. The quantitative estimate of drug-likeness (QED) is 0.573. The molecule has 0 radical (unpaired) electrons. The Morgan fingerprint density at radius 2 is 1.13 bits per heavy atom. The van der Waals surface area contributed by atoms with Gasteiger partial charge < -0.3 is 28.4 Å². The highest BCUT2D eigenvalue weighted by Gasteiger charge is 2.62. The van der Waals surface area contributed by atoms with E-state index in [4.69, 9.17) is 28.4 Å². The molecule has 7 nitrogen and oxygen atoms in total. The van der Waals surface area contributed by atoms with Crippen LogP contribution in [0.25, 0.3) is 0 Å². The highest BCUT2D eigenvalue weighted by Crippen LogP contribution is 2.48. The van der Waals surface area contributed by atoms with Crippen molar-refractivity contribution in [3.05, 3.63) is 0 Å². The van der Waals surface area contributed by atoms with Gasteiger partial charge in [0, 0.05) is 38.5 Å². The Hall–Kier alpha value is -0.730. The molecule has 0 N–H and O–H groups in total. The van der Waals surface area contributed by atoms with E-state index in [-0.39, 0.29) is 18.2 Å². The third-order valence-corrected chi connectivity index (χ3v) is 8.27. The average Bonchev–Trinajstić information content (AvgIpc) is 3.19. The fourth-order valence-electron chi connectivity index (χ4n) is 6.65. The molecule has 0 bridgehead atoms. The van der Waals surface area contributed by atoms with Gasteiger partial charge in [-0.15, -0.1) is 0 Å². The molecule has 3 saturated heterocycles. The zero-order valence-electron chi connectivity index (χ0n) is 18.5. The molecule has 0 unspecified atom stereocenters. The van der Waals surface area contributed by atoms with Gasteiger partial charge >= 0.3 is 5.97 Å². The van der Waals surface area contributed by atoms with Crippen LogP contribution in [-0.4, -0.2) is 54.4 Å². The first-order valence-corrected chi connectivity index (χ1v) is 12.7. The van der Waals surface area contributed by atoms with Crippen molar-refractivity contribution in [1.82, 2.24) is 0 Å². The molecule has 7 heteroatoms. The highest BCUT2D eigenvalue weighted by molar-refractivity contribution is 5.77. The van der Waals surface area contributed by atoms with Crippen molar-refractivity contribution < 1.29 is 33.2 Å². The maximum absolute atomic E-state index is 13.2. The van der Waals surface area contributed by atoms with Crippen molar-refractivity contribution in [2.75, 3.05) is 6.61 Å². The Bertz CT molecular complexity index is 675. The second-order valence-electron chi connectivity index (χ2n) is 10.5. The Kier molecular flexibility index (Phi) is 5.34. The lowest BCUT2D eigenvalue weighted by Gasteiger charge is -2.55. The summed E-state index contributed by atoms with van der Waals surface area (Å²) in [5, 5.41) is 0. The number of hydrogen-bond donors (Lipinski definition) is 0. The van der Waals surface area contributed by atoms with Crippen molar-refractivity contribution in [3.63, 3.8) is 0 Å². The van der Waals surface area contributed by atoms with Gasteiger partial charge in [0.05, 0.1) is 6.61 Å². The summed E-state index contributed by atoms with van der Waals surface area (Å²) in [6.45, 7) is 0.482. The molecule has 3 heterocycles.